The lowest BCUT2D eigenvalue weighted by Crippen LogP contribution is -2.17. The lowest BCUT2D eigenvalue weighted by molar-refractivity contribution is 0.0971. The quantitative estimate of drug-likeness (QED) is 0.779. The van der Waals surface area contributed by atoms with E-state index in [2.05, 4.69) is 0 Å². The molecule has 0 unspecified atom stereocenters. The highest BCUT2D eigenvalue weighted by atomic mass is 16.5. The van der Waals surface area contributed by atoms with E-state index < -0.39 is 0 Å². The molecule has 0 aromatic heterocycles. The molecule has 5 heteroatoms. The molecule has 0 saturated carbocycles. The highest BCUT2D eigenvalue weighted by Crippen LogP contribution is 2.38. The summed E-state index contributed by atoms with van der Waals surface area (Å²) in [5.74, 6) is -0.495. The van der Waals surface area contributed by atoms with Crippen LogP contribution in [-0.4, -0.2) is 31.6 Å². The Hall–Kier alpha value is -2.43. The van der Waals surface area contributed by atoms with E-state index in [9.17, 15) is 14.4 Å². The number of carbonyl (C=O) groups excluding carboxylic acids is 3. The molecule has 0 amide bonds. The molecule has 1 aliphatic carbocycles. The number of carbonyl (C=O) groups is 3. The normalized spacial score (nSPS) is 13.1. The predicted molar refractivity (Wildman–Crippen MR) is 76.6 cm³/mol. The molecule has 5 nitrogen and oxygen atoms in total. The standard InChI is InChI=1S/C16H16O5/c1-4-5-10(17)9-8-13(20-2)14-11(18)6-7-12(19)15(14)16(9)21-3/h6-8H,4-5H2,1-3H3. The zero-order chi connectivity index (χ0) is 15.6. The molecule has 0 fully saturated rings. The Bertz CT molecular complexity index is 655. The van der Waals surface area contributed by atoms with Gasteiger partial charge in [0.2, 0.25) is 0 Å². The van der Waals surface area contributed by atoms with Gasteiger partial charge in [-0.05, 0) is 24.6 Å². The molecule has 0 N–H and O–H groups in total. The maximum absolute atomic E-state index is 12.2. The van der Waals surface area contributed by atoms with Gasteiger partial charge in [-0.25, -0.2) is 0 Å². The topological polar surface area (TPSA) is 69.7 Å². The van der Waals surface area contributed by atoms with Gasteiger partial charge in [-0.3, -0.25) is 14.4 Å². The van der Waals surface area contributed by atoms with E-state index in [4.69, 9.17) is 9.47 Å². The van der Waals surface area contributed by atoms with Gasteiger partial charge in [0, 0.05) is 6.42 Å². The molecule has 0 aliphatic heterocycles. The summed E-state index contributed by atoms with van der Waals surface area (Å²) in [4.78, 5) is 36.4. The zero-order valence-electron chi connectivity index (χ0n) is 12.2. The van der Waals surface area contributed by atoms with Crippen LogP contribution in [0.25, 0.3) is 0 Å². The molecule has 0 bridgehead atoms. The molecule has 0 heterocycles. The molecule has 0 radical (unpaired) electrons. The van der Waals surface area contributed by atoms with Gasteiger partial charge in [0.15, 0.2) is 17.3 Å². The van der Waals surface area contributed by atoms with Crippen molar-refractivity contribution < 1.29 is 23.9 Å². The summed E-state index contributed by atoms with van der Waals surface area (Å²) >= 11 is 0. The lowest BCUT2D eigenvalue weighted by Gasteiger charge is -2.19. The van der Waals surface area contributed by atoms with Crippen LogP contribution < -0.4 is 9.47 Å². The Labute approximate surface area is 122 Å². The first kappa shape index (κ1) is 15.0. The molecule has 110 valence electrons. The van der Waals surface area contributed by atoms with E-state index in [1.165, 1.54) is 32.4 Å². The molecule has 1 aromatic carbocycles. The molecular formula is C16H16O5. The van der Waals surface area contributed by atoms with Gasteiger partial charge in [0.25, 0.3) is 0 Å². The van der Waals surface area contributed by atoms with E-state index in [1.54, 1.807) is 0 Å². The first-order valence-corrected chi connectivity index (χ1v) is 6.64. The van der Waals surface area contributed by atoms with Crippen molar-refractivity contribution in [3.05, 3.63) is 34.9 Å². The van der Waals surface area contributed by atoms with Crippen LogP contribution in [0.2, 0.25) is 0 Å². The second kappa shape index (κ2) is 5.91. The first-order valence-electron chi connectivity index (χ1n) is 6.64. The van der Waals surface area contributed by atoms with Gasteiger partial charge < -0.3 is 9.47 Å². The molecule has 21 heavy (non-hydrogen) atoms. The van der Waals surface area contributed by atoms with Crippen LogP contribution in [0.1, 0.15) is 50.8 Å². The van der Waals surface area contributed by atoms with Crippen LogP contribution in [0.5, 0.6) is 11.5 Å². The van der Waals surface area contributed by atoms with Gasteiger partial charge in [-0.1, -0.05) is 6.92 Å². The van der Waals surface area contributed by atoms with Crippen LogP contribution in [0.3, 0.4) is 0 Å². The number of hydrogen-bond donors (Lipinski definition) is 0. The third-order valence-electron chi connectivity index (χ3n) is 3.32. The Morgan fingerprint density at radius 1 is 1.05 bits per heavy atom. The third kappa shape index (κ3) is 2.46. The summed E-state index contributed by atoms with van der Waals surface area (Å²) in [6, 6.07) is 1.47. The minimum atomic E-state index is -0.370. The number of Topliss-reactive ketones (excluding diaryl/α,β-unsaturated/α-hetero) is 1. The highest BCUT2D eigenvalue weighted by molar-refractivity contribution is 6.25. The second-order valence-corrected chi connectivity index (χ2v) is 4.64. The van der Waals surface area contributed by atoms with Gasteiger partial charge in [0.05, 0.1) is 30.9 Å². The highest BCUT2D eigenvalue weighted by Gasteiger charge is 2.31. The monoisotopic (exact) mass is 288 g/mol. The summed E-state index contributed by atoms with van der Waals surface area (Å²) in [5, 5.41) is 0. The molecule has 1 aliphatic rings. The number of fused-ring (bicyclic) bond motifs is 1. The molecule has 1 aromatic rings. The first-order chi connectivity index (χ1) is 10.0. The Morgan fingerprint density at radius 2 is 1.67 bits per heavy atom. The lowest BCUT2D eigenvalue weighted by atomic mass is 9.89. The minimum absolute atomic E-state index is 0.101. The number of allylic oxidation sites excluding steroid dienone is 2. The predicted octanol–water partition coefficient (Wildman–Crippen LogP) is 2.62. The van der Waals surface area contributed by atoms with E-state index in [1.807, 2.05) is 6.92 Å². The smallest absolute Gasteiger partial charge is 0.190 e. The largest absolute Gasteiger partial charge is 0.496 e. The average molecular weight is 288 g/mol. The SMILES string of the molecule is CCCC(=O)c1cc(OC)c2c(c1OC)C(=O)C=CC2=O. The van der Waals surface area contributed by atoms with Gasteiger partial charge in [-0.2, -0.15) is 0 Å². The molecule has 0 spiro atoms. The van der Waals surface area contributed by atoms with Crippen molar-refractivity contribution in [1.29, 1.82) is 0 Å². The third-order valence-corrected chi connectivity index (χ3v) is 3.32. The van der Waals surface area contributed by atoms with Crippen LogP contribution in [0.4, 0.5) is 0 Å². The Morgan fingerprint density at radius 3 is 2.19 bits per heavy atom. The van der Waals surface area contributed by atoms with Gasteiger partial charge in [-0.15, -0.1) is 0 Å². The van der Waals surface area contributed by atoms with Crippen LogP contribution >= 0.6 is 0 Å². The van der Waals surface area contributed by atoms with Crippen molar-refractivity contribution in [1.82, 2.24) is 0 Å². The van der Waals surface area contributed by atoms with E-state index >= 15 is 0 Å². The number of benzene rings is 1. The van der Waals surface area contributed by atoms with Crippen molar-refractivity contribution in [2.45, 2.75) is 19.8 Å². The Kier molecular flexibility index (Phi) is 4.21. The number of ether oxygens (including phenoxy) is 2. The molecule has 2 rings (SSSR count). The number of hydrogen-bond acceptors (Lipinski definition) is 5. The maximum Gasteiger partial charge on any atom is 0.190 e. The zero-order valence-corrected chi connectivity index (χ0v) is 12.2. The van der Waals surface area contributed by atoms with E-state index in [-0.39, 0.29) is 45.5 Å². The molecule has 0 saturated heterocycles. The van der Waals surface area contributed by atoms with Crippen molar-refractivity contribution in [2.75, 3.05) is 14.2 Å². The molecule has 0 atom stereocenters. The number of ketones is 3. The maximum atomic E-state index is 12.2. The van der Waals surface area contributed by atoms with Crippen molar-refractivity contribution in [2.24, 2.45) is 0 Å². The summed E-state index contributed by atoms with van der Waals surface area (Å²) in [6.07, 6.45) is 3.38. The Balaban J connectivity index is 2.78. The van der Waals surface area contributed by atoms with Gasteiger partial charge in [0.1, 0.15) is 11.5 Å². The fraction of sp³-hybridized carbons (Fsp3) is 0.312. The second-order valence-electron chi connectivity index (χ2n) is 4.64. The van der Waals surface area contributed by atoms with Gasteiger partial charge >= 0.3 is 0 Å². The fourth-order valence-electron chi connectivity index (χ4n) is 2.38. The van der Waals surface area contributed by atoms with E-state index in [0.29, 0.717) is 12.8 Å². The fourth-order valence-corrected chi connectivity index (χ4v) is 2.38. The summed E-state index contributed by atoms with van der Waals surface area (Å²) < 4.78 is 10.4. The minimum Gasteiger partial charge on any atom is -0.496 e. The van der Waals surface area contributed by atoms with E-state index in [0.717, 1.165) is 0 Å². The van der Waals surface area contributed by atoms with Crippen molar-refractivity contribution in [3.8, 4) is 11.5 Å². The summed E-state index contributed by atoms with van der Waals surface area (Å²) in [6.45, 7) is 1.89. The van der Waals surface area contributed by atoms with Crippen molar-refractivity contribution >= 4 is 17.3 Å². The van der Waals surface area contributed by atoms with Crippen LogP contribution in [-0.2, 0) is 0 Å². The summed E-state index contributed by atoms with van der Waals surface area (Å²) in [7, 11) is 2.77. The molecular weight excluding hydrogens is 272 g/mol. The van der Waals surface area contributed by atoms with Crippen molar-refractivity contribution in [3.63, 3.8) is 0 Å². The average Bonchev–Trinajstić information content (AvgIpc) is 2.49. The number of methoxy groups -OCH3 is 2. The number of rotatable bonds is 5. The van der Waals surface area contributed by atoms with Crippen LogP contribution in [0.15, 0.2) is 18.2 Å². The summed E-state index contributed by atoms with van der Waals surface area (Å²) in [5.41, 5.74) is 0.519. The van der Waals surface area contributed by atoms with Crippen LogP contribution in [0, 0.1) is 0 Å².